The highest BCUT2D eigenvalue weighted by atomic mass is 32.1. The second-order valence-electron chi connectivity index (χ2n) is 9.53. The number of non-ortho nitro benzene ring substituents is 2. The Morgan fingerprint density at radius 1 is 0.923 bits per heavy atom. The molecule has 39 heavy (non-hydrogen) atoms. The molecule has 3 aromatic carbocycles. The van der Waals surface area contributed by atoms with Crippen LogP contribution < -0.4 is 5.01 Å². The number of anilines is 1. The molecule has 0 N–H and O–H groups in total. The average molecular weight is 538 g/mol. The summed E-state index contributed by atoms with van der Waals surface area (Å²) in [5.41, 5.74) is 5.39. The fourth-order valence-electron chi connectivity index (χ4n) is 5.35. The van der Waals surface area contributed by atoms with E-state index in [1.165, 1.54) is 23.5 Å². The molecule has 0 amide bonds. The Labute approximate surface area is 228 Å². The number of thiazole rings is 1. The van der Waals surface area contributed by atoms with E-state index in [9.17, 15) is 20.2 Å². The number of fused-ring (bicyclic) bond motifs is 1. The molecular formula is C29H23N5O4S. The largest absolute Gasteiger partial charge is 0.270 e. The maximum Gasteiger partial charge on any atom is 0.270 e. The number of hydrogen-bond acceptors (Lipinski definition) is 8. The zero-order valence-electron chi connectivity index (χ0n) is 20.7. The molecule has 0 unspecified atom stereocenters. The van der Waals surface area contributed by atoms with Crippen molar-refractivity contribution in [2.24, 2.45) is 11.0 Å². The van der Waals surface area contributed by atoms with E-state index in [0.29, 0.717) is 5.13 Å². The summed E-state index contributed by atoms with van der Waals surface area (Å²) >= 11 is 1.49. The van der Waals surface area contributed by atoms with Crippen molar-refractivity contribution in [1.82, 2.24) is 4.98 Å². The molecule has 1 aliphatic carbocycles. The minimum Gasteiger partial charge on any atom is -0.258 e. The summed E-state index contributed by atoms with van der Waals surface area (Å²) in [6.07, 6.45) is 4.55. The number of aromatic nitrogens is 1. The lowest BCUT2D eigenvalue weighted by atomic mass is 9.77. The molecule has 0 spiro atoms. The van der Waals surface area contributed by atoms with Crippen LogP contribution in [0.5, 0.6) is 0 Å². The number of benzene rings is 3. The van der Waals surface area contributed by atoms with Crippen molar-refractivity contribution in [3.63, 3.8) is 0 Å². The third-order valence-electron chi connectivity index (χ3n) is 7.10. The molecule has 2 aliphatic rings. The van der Waals surface area contributed by atoms with Gasteiger partial charge in [-0.15, -0.1) is 11.3 Å². The molecule has 1 saturated carbocycles. The van der Waals surface area contributed by atoms with E-state index >= 15 is 0 Å². The van der Waals surface area contributed by atoms with Gasteiger partial charge in [-0.1, -0.05) is 54.6 Å². The van der Waals surface area contributed by atoms with Gasteiger partial charge in [-0.25, -0.2) is 9.99 Å². The van der Waals surface area contributed by atoms with Crippen molar-refractivity contribution >= 4 is 39.6 Å². The third kappa shape index (κ3) is 4.82. The van der Waals surface area contributed by atoms with Crippen molar-refractivity contribution in [2.45, 2.75) is 25.3 Å². The lowest BCUT2D eigenvalue weighted by Crippen LogP contribution is -2.28. The van der Waals surface area contributed by atoms with Gasteiger partial charge in [0.1, 0.15) is 0 Å². The molecule has 9 nitrogen and oxygen atoms in total. The monoisotopic (exact) mass is 537 g/mol. The molecule has 2 heterocycles. The van der Waals surface area contributed by atoms with Gasteiger partial charge in [-0.2, -0.15) is 5.10 Å². The van der Waals surface area contributed by atoms with Gasteiger partial charge < -0.3 is 0 Å². The van der Waals surface area contributed by atoms with Gasteiger partial charge in [-0.05, 0) is 42.0 Å². The number of hydrazone groups is 1. The van der Waals surface area contributed by atoms with Crippen LogP contribution in [0.25, 0.3) is 17.3 Å². The van der Waals surface area contributed by atoms with Crippen molar-refractivity contribution in [2.75, 3.05) is 5.01 Å². The molecule has 10 heteroatoms. The second kappa shape index (κ2) is 10.2. The SMILES string of the molecule is O=[N+]([O-])c1cccc(C=C2CCC[C@@H]3C2=NN(c2nc(-c4ccccc4)cs2)[C@@H]3c2cccc([N+](=O)[O-])c2)c1. The van der Waals surface area contributed by atoms with Gasteiger partial charge in [0.05, 0.1) is 27.3 Å². The number of rotatable bonds is 6. The quantitative estimate of drug-likeness (QED) is 0.187. The van der Waals surface area contributed by atoms with Crippen LogP contribution >= 0.6 is 11.3 Å². The Kier molecular flexibility index (Phi) is 6.45. The predicted octanol–water partition coefficient (Wildman–Crippen LogP) is 7.43. The van der Waals surface area contributed by atoms with Gasteiger partial charge in [-0.3, -0.25) is 20.2 Å². The highest BCUT2D eigenvalue weighted by Gasteiger charge is 2.43. The molecular weight excluding hydrogens is 514 g/mol. The first-order valence-corrected chi connectivity index (χ1v) is 13.4. The number of nitro groups is 2. The molecule has 194 valence electrons. The van der Waals surface area contributed by atoms with Crippen LogP contribution in [-0.2, 0) is 0 Å². The molecule has 6 rings (SSSR count). The average Bonchev–Trinajstić information content (AvgIpc) is 3.60. The molecule has 1 fully saturated rings. The molecule has 0 bridgehead atoms. The molecule has 2 atom stereocenters. The van der Waals surface area contributed by atoms with Gasteiger partial charge >= 0.3 is 0 Å². The summed E-state index contributed by atoms with van der Waals surface area (Å²) in [6.45, 7) is 0. The highest BCUT2D eigenvalue weighted by molar-refractivity contribution is 7.14. The first-order chi connectivity index (χ1) is 19.0. The Hall–Kier alpha value is -4.70. The summed E-state index contributed by atoms with van der Waals surface area (Å²) < 4.78 is 0. The van der Waals surface area contributed by atoms with Crippen LogP contribution in [0.4, 0.5) is 16.5 Å². The van der Waals surface area contributed by atoms with E-state index in [-0.39, 0.29) is 28.3 Å². The van der Waals surface area contributed by atoms with Crippen LogP contribution in [0, 0.1) is 26.1 Å². The fourth-order valence-corrected chi connectivity index (χ4v) is 6.17. The summed E-state index contributed by atoms with van der Waals surface area (Å²) in [6, 6.07) is 23.0. The van der Waals surface area contributed by atoms with E-state index in [0.717, 1.165) is 52.9 Å². The molecule has 1 aromatic heterocycles. The Bertz CT molecular complexity index is 1630. The first kappa shape index (κ1) is 24.6. The van der Waals surface area contributed by atoms with Gasteiger partial charge in [0.2, 0.25) is 5.13 Å². The summed E-state index contributed by atoms with van der Waals surface area (Å²) in [5.74, 6) is -0.00484. The summed E-state index contributed by atoms with van der Waals surface area (Å²) in [4.78, 5) is 27.0. The minimum absolute atomic E-state index is 0.00484. The van der Waals surface area contributed by atoms with E-state index < -0.39 is 4.92 Å². The zero-order valence-corrected chi connectivity index (χ0v) is 21.5. The van der Waals surface area contributed by atoms with E-state index in [4.69, 9.17) is 10.1 Å². The van der Waals surface area contributed by atoms with Crippen molar-refractivity contribution in [3.05, 3.63) is 121 Å². The standard InChI is InChI=1S/C29H23N5O4S/c35-33(36)23-12-4-7-19(16-23)15-21-10-6-14-25-27(21)31-32(28(25)22-11-5-13-24(17-22)34(37)38)29-30-26(18-39-29)20-8-2-1-3-9-20/h1-5,7-9,11-13,15-18,25,28H,6,10,14H2/t25-,28-/m1/s1. The van der Waals surface area contributed by atoms with Gasteiger partial charge in [0.25, 0.3) is 11.4 Å². The van der Waals surface area contributed by atoms with Crippen LogP contribution in [0.2, 0.25) is 0 Å². The lowest BCUT2D eigenvalue weighted by molar-refractivity contribution is -0.385. The van der Waals surface area contributed by atoms with Crippen molar-refractivity contribution < 1.29 is 9.85 Å². The molecule has 1 aliphatic heterocycles. The third-order valence-corrected chi connectivity index (χ3v) is 7.93. The number of allylic oxidation sites excluding steroid dienone is 1. The van der Waals surface area contributed by atoms with Crippen molar-refractivity contribution in [3.8, 4) is 11.3 Å². The summed E-state index contributed by atoms with van der Waals surface area (Å²) in [5, 5.41) is 32.6. The van der Waals surface area contributed by atoms with Gasteiger partial charge in [0.15, 0.2) is 0 Å². The number of nitro benzene ring substituents is 2. The molecule has 0 saturated heterocycles. The summed E-state index contributed by atoms with van der Waals surface area (Å²) in [7, 11) is 0. The Balaban J connectivity index is 1.44. The predicted molar refractivity (Wildman–Crippen MR) is 152 cm³/mol. The van der Waals surface area contributed by atoms with Gasteiger partial charge in [0, 0.05) is 41.1 Å². The van der Waals surface area contributed by atoms with Crippen LogP contribution in [0.3, 0.4) is 0 Å². The Morgan fingerprint density at radius 2 is 1.67 bits per heavy atom. The maximum absolute atomic E-state index is 11.6. The van der Waals surface area contributed by atoms with Crippen LogP contribution in [0.15, 0.2) is 94.9 Å². The minimum atomic E-state index is -0.397. The maximum atomic E-state index is 11.6. The molecule has 4 aromatic rings. The first-order valence-electron chi connectivity index (χ1n) is 12.6. The number of nitrogens with zero attached hydrogens (tertiary/aromatic N) is 5. The van der Waals surface area contributed by atoms with Crippen LogP contribution in [-0.4, -0.2) is 20.5 Å². The zero-order chi connectivity index (χ0) is 26.9. The van der Waals surface area contributed by atoms with Crippen LogP contribution in [0.1, 0.15) is 36.4 Å². The smallest absolute Gasteiger partial charge is 0.258 e. The second-order valence-corrected chi connectivity index (χ2v) is 10.4. The van der Waals surface area contributed by atoms with E-state index in [1.54, 1.807) is 24.3 Å². The Morgan fingerprint density at radius 3 is 2.44 bits per heavy atom. The normalized spacial score (nSPS) is 19.5. The van der Waals surface area contributed by atoms with E-state index in [1.807, 2.05) is 58.9 Å². The van der Waals surface area contributed by atoms with Crippen molar-refractivity contribution in [1.29, 1.82) is 0 Å². The lowest BCUT2D eigenvalue weighted by Gasteiger charge is -2.29. The topological polar surface area (TPSA) is 115 Å². The molecule has 0 radical (unpaired) electrons. The fraction of sp³-hybridized carbons (Fsp3) is 0.172. The highest BCUT2D eigenvalue weighted by Crippen LogP contribution is 2.47. The number of hydrogen-bond donors (Lipinski definition) is 0. The van der Waals surface area contributed by atoms with E-state index in [2.05, 4.69) is 0 Å².